The summed E-state index contributed by atoms with van der Waals surface area (Å²) in [7, 11) is -1.33. The lowest BCUT2D eigenvalue weighted by molar-refractivity contribution is 0.517. The summed E-state index contributed by atoms with van der Waals surface area (Å²) >= 11 is 17.5. The van der Waals surface area contributed by atoms with Gasteiger partial charge in [0.2, 0.25) is 7.42 Å². The highest BCUT2D eigenvalue weighted by molar-refractivity contribution is 7.33. The molecule has 0 amide bonds. The standard InChI is InChI=1S/C27H55Cl3Si/c28-26-24-22-20-18-16-14-12-10-8-6-4-2-1-3-5-7-9-11-13-15-17-19-21-23-25-27-31(29)30/h31H,1-27H2. The fourth-order valence-electron chi connectivity index (χ4n) is 4.46. The number of rotatable bonds is 27. The molecule has 0 heterocycles. The normalized spacial score (nSPS) is 11.6. The zero-order valence-corrected chi connectivity index (χ0v) is 24.2. The molecule has 0 saturated carbocycles. The van der Waals surface area contributed by atoms with Crippen molar-refractivity contribution >= 4 is 41.2 Å². The van der Waals surface area contributed by atoms with Crippen molar-refractivity contribution < 1.29 is 0 Å². The van der Waals surface area contributed by atoms with Gasteiger partial charge in [-0.25, -0.2) is 0 Å². The number of hydrogen-bond donors (Lipinski definition) is 0. The smallest absolute Gasteiger partial charge is 0.150 e. The topological polar surface area (TPSA) is 0 Å². The SMILES string of the molecule is ClCCCCCCCCCCCCCCCCCCCCCCCCCCC[SiH](Cl)Cl. The maximum Gasteiger partial charge on any atom is 0.237 e. The summed E-state index contributed by atoms with van der Waals surface area (Å²) < 4.78 is 0. The zero-order valence-electron chi connectivity index (χ0n) is 20.8. The maximum atomic E-state index is 5.89. The van der Waals surface area contributed by atoms with Gasteiger partial charge in [-0.3, -0.25) is 0 Å². The van der Waals surface area contributed by atoms with E-state index in [-0.39, 0.29) is 0 Å². The molecule has 0 fully saturated rings. The molecule has 0 saturated heterocycles. The summed E-state index contributed by atoms with van der Waals surface area (Å²) in [5, 5.41) is 0. The van der Waals surface area contributed by atoms with E-state index in [1.54, 1.807) is 0 Å². The van der Waals surface area contributed by atoms with Crippen LogP contribution >= 0.6 is 33.8 Å². The third kappa shape index (κ3) is 31.1. The van der Waals surface area contributed by atoms with Gasteiger partial charge in [-0.1, -0.05) is 154 Å². The first-order valence-electron chi connectivity index (χ1n) is 14.1. The second-order valence-corrected chi connectivity index (χ2v) is 15.3. The molecule has 0 spiro atoms. The first-order chi connectivity index (χ1) is 15.3. The lowest BCUT2D eigenvalue weighted by atomic mass is 10.0. The summed E-state index contributed by atoms with van der Waals surface area (Å²) in [5.41, 5.74) is 0. The van der Waals surface area contributed by atoms with Crippen LogP contribution in [-0.2, 0) is 0 Å². The van der Waals surface area contributed by atoms with Gasteiger partial charge in [0.25, 0.3) is 0 Å². The van der Waals surface area contributed by atoms with Gasteiger partial charge in [0, 0.05) is 5.88 Å². The molecule has 4 heteroatoms. The van der Waals surface area contributed by atoms with E-state index in [1.807, 2.05) is 0 Å². The maximum absolute atomic E-state index is 5.89. The van der Waals surface area contributed by atoms with Crippen molar-refractivity contribution in [1.82, 2.24) is 0 Å². The largest absolute Gasteiger partial charge is 0.237 e. The molecule has 0 atom stereocenters. The Bertz CT molecular complexity index is 313. The molecule has 0 aliphatic heterocycles. The van der Waals surface area contributed by atoms with Crippen LogP contribution in [0.3, 0.4) is 0 Å². The highest BCUT2D eigenvalue weighted by Gasteiger charge is 2.00. The van der Waals surface area contributed by atoms with Crippen molar-refractivity contribution in [2.24, 2.45) is 0 Å². The van der Waals surface area contributed by atoms with Crippen molar-refractivity contribution in [2.45, 2.75) is 167 Å². The first kappa shape index (κ1) is 32.1. The van der Waals surface area contributed by atoms with Gasteiger partial charge in [-0.15, -0.1) is 11.6 Å². The van der Waals surface area contributed by atoms with Crippen LogP contribution in [-0.4, -0.2) is 13.3 Å². The Morgan fingerprint density at radius 1 is 0.290 bits per heavy atom. The lowest BCUT2D eigenvalue weighted by Crippen LogP contribution is -1.91. The number of hydrogen-bond acceptors (Lipinski definition) is 0. The van der Waals surface area contributed by atoms with Gasteiger partial charge in [0.05, 0.1) is 0 Å². The van der Waals surface area contributed by atoms with Crippen LogP contribution in [0.15, 0.2) is 0 Å². The molecule has 0 bridgehead atoms. The minimum Gasteiger partial charge on any atom is -0.150 e. The summed E-state index contributed by atoms with van der Waals surface area (Å²) in [4.78, 5) is 0. The van der Waals surface area contributed by atoms with Crippen LogP contribution < -0.4 is 0 Å². The van der Waals surface area contributed by atoms with Gasteiger partial charge in [-0.2, -0.15) is 22.2 Å². The lowest BCUT2D eigenvalue weighted by Gasteiger charge is -2.04. The van der Waals surface area contributed by atoms with Crippen LogP contribution in [0.5, 0.6) is 0 Å². The van der Waals surface area contributed by atoms with Crippen molar-refractivity contribution in [2.75, 3.05) is 5.88 Å². The predicted molar refractivity (Wildman–Crippen MR) is 150 cm³/mol. The number of halogens is 3. The van der Waals surface area contributed by atoms with Crippen LogP contribution in [0.2, 0.25) is 6.04 Å². The zero-order chi connectivity index (χ0) is 22.7. The van der Waals surface area contributed by atoms with E-state index in [0.29, 0.717) is 0 Å². The van der Waals surface area contributed by atoms with Crippen LogP contribution in [0, 0.1) is 0 Å². The van der Waals surface area contributed by atoms with E-state index >= 15 is 0 Å². The van der Waals surface area contributed by atoms with Crippen LogP contribution in [0.1, 0.15) is 161 Å². The van der Waals surface area contributed by atoms with E-state index < -0.39 is 7.42 Å². The van der Waals surface area contributed by atoms with Crippen molar-refractivity contribution in [3.8, 4) is 0 Å². The third-order valence-electron chi connectivity index (χ3n) is 6.56. The molecule has 188 valence electrons. The Hall–Kier alpha value is 1.09. The van der Waals surface area contributed by atoms with Gasteiger partial charge in [0.15, 0.2) is 0 Å². The summed E-state index contributed by atoms with van der Waals surface area (Å²) in [6.07, 6.45) is 35.5. The minimum absolute atomic E-state index is 0.842. The molecule has 0 unspecified atom stereocenters. The van der Waals surface area contributed by atoms with E-state index in [9.17, 15) is 0 Å². The molecule has 0 rings (SSSR count). The Morgan fingerprint density at radius 2 is 0.484 bits per heavy atom. The molecular formula is C27H55Cl3Si. The molecule has 0 aromatic carbocycles. The molecule has 0 aliphatic rings. The van der Waals surface area contributed by atoms with E-state index in [0.717, 1.165) is 11.9 Å². The average Bonchev–Trinajstić information content (AvgIpc) is 2.76. The van der Waals surface area contributed by atoms with Gasteiger partial charge in [-0.05, 0) is 12.5 Å². The molecule has 0 aromatic rings. The first-order valence-corrected chi connectivity index (χ1v) is 19.0. The van der Waals surface area contributed by atoms with Crippen LogP contribution in [0.4, 0.5) is 0 Å². The van der Waals surface area contributed by atoms with Crippen molar-refractivity contribution in [3.63, 3.8) is 0 Å². The fourth-order valence-corrected chi connectivity index (χ4v) is 6.17. The number of unbranched alkanes of at least 4 members (excludes halogenated alkanes) is 24. The van der Waals surface area contributed by atoms with Crippen LogP contribution in [0.25, 0.3) is 0 Å². The Labute approximate surface area is 213 Å². The van der Waals surface area contributed by atoms with Gasteiger partial charge in [0.1, 0.15) is 0 Å². The summed E-state index contributed by atoms with van der Waals surface area (Å²) in [5.74, 6) is 0.842. The Morgan fingerprint density at radius 3 is 0.677 bits per heavy atom. The number of alkyl halides is 1. The third-order valence-corrected chi connectivity index (χ3v) is 8.98. The average molecular weight is 514 g/mol. The van der Waals surface area contributed by atoms with Gasteiger partial charge >= 0.3 is 0 Å². The molecule has 0 radical (unpaired) electrons. The van der Waals surface area contributed by atoms with Crippen molar-refractivity contribution in [1.29, 1.82) is 0 Å². The molecule has 0 nitrogen and oxygen atoms in total. The predicted octanol–water partition coefficient (Wildman–Crippen LogP) is 11.7. The van der Waals surface area contributed by atoms with Crippen molar-refractivity contribution in [3.05, 3.63) is 0 Å². The van der Waals surface area contributed by atoms with Gasteiger partial charge < -0.3 is 0 Å². The highest BCUT2D eigenvalue weighted by Crippen LogP contribution is 2.16. The molecule has 0 aromatic heterocycles. The highest BCUT2D eigenvalue weighted by atomic mass is 35.7. The van der Waals surface area contributed by atoms with E-state index in [1.165, 1.54) is 161 Å². The van der Waals surface area contributed by atoms with E-state index in [4.69, 9.17) is 33.8 Å². The summed E-state index contributed by atoms with van der Waals surface area (Å²) in [6.45, 7) is 0. The molecule has 0 aliphatic carbocycles. The molecule has 31 heavy (non-hydrogen) atoms. The monoisotopic (exact) mass is 512 g/mol. The molecule has 0 N–H and O–H groups in total. The quantitative estimate of drug-likeness (QED) is 0.0443. The second kappa shape index (κ2) is 29.1. The van der Waals surface area contributed by atoms with E-state index in [2.05, 4.69) is 0 Å². The Balaban J connectivity index is 2.99. The summed E-state index contributed by atoms with van der Waals surface area (Å²) in [6, 6.07) is 1.10. The Kier molecular flexibility index (Phi) is 30.1. The molecular weight excluding hydrogens is 459 g/mol. The fraction of sp³-hybridized carbons (Fsp3) is 1.00. The minimum atomic E-state index is -1.33. The second-order valence-electron chi connectivity index (χ2n) is 9.71.